The lowest BCUT2D eigenvalue weighted by Crippen LogP contribution is -2.56. The summed E-state index contributed by atoms with van der Waals surface area (Å²) in [7, 11) is 1.35. The van der Waals surface area contributed by atoms with Gasteiger partial charge in [0, 0.05) is 12.0 Å². The number of carbonyl (C=O) groups excluding carboxylic acids is 2. The fourth-order valence-corrected chi connectivity index (χ4v) is 2.87. The van der Waals surface area contributed by atoms with Crippen LogP contribution in [0.15, 0.2) is 60.7 Å². The Morgan fingerprint density at radius 2 is 1.58 bits per heavy atom. The van der Waals surface area contributed by atoms with Crippen molar-refractivity contribution in [3.8, 4) is 0 Å². The Labute approximate surface area is 142 Å². The number of hydrogen-bond donors (Lipinski definition) is 1. The van der Waals surface area contributed by atoms with E-state index >= 15 is 0 Å². The topological polar surface area (TPSA) is 55.4 Å². The maximum Gasteiger partial charge on any atom is 0.331 e. The fraction of sp³-hybridized carbons (Fsp3) is 0.300. The predicted octanol–water partition coefficient (Wildman–Crippen LogP) is 3.37. The van der Waals surface area contributed by atoms with Gasteiger partial charge in [0.25, 0.3) is 5.91 Å². The highest BCUT2D eigenvalue weighted by molar-refractivity contribution is 5.98. The zero-order chi connectivity index (χ0) is 17.4. The van der Waals surface area contributed by atoms with Gasteiger partial charge in [-0.25, -0.2) is 4.79 Å². The fourth-order valence-electron chi connectivity index (χ4n) is 2.87. The predicted molar refractivity (Wildman–Crippen MR) is 93.7 cm³/mol. The van der Waals surface area contributed by atoms with Crippen LogP contribution in [-0.4, -0.2) is 24.5 Å². The van der Waals surface area contributed by atoms with Crippen molar-refractivity contribution in [1.82, 2.24) is 5.32 Å². The van der Waals surface area contributed by atoms with Crippen LogP contribution in [0.25, 0.3) is 0 Å². The van der Waals surface area contributed by atoms with Crippen LogP contribution < -0.4 is 5.32 Å². The molecule has 0 radical (unpaired) electrons. The van der Waals surface area contributed by atoms with Gasteiger partial charge in [0.2, 0.25) is 0 Å². The molecule has 0 unspecified atom stereocenters. The van der Waals surface area contributed by atoms with E-state index in [4.69, 9.17) is 4.74 Å². The third-order valence-corrected chi connectivity index (χ3v) is 3.99. The first-order chi connectivity index (χ1) is 11.6. The summed E-state index contributed by atoms with van der Waals surface area (Å²) in [6, 6.07) is 18.6. The number of esters is 1. The highest BCUT2D eigenvalue weighted by atomic mass is 16.5. The SMILES string of the molecule is CCC[C@@](Cc1ccccc1)(NC(=O)c1ccccc1)C(=O)OC. The van der Waals surface area contributed by atoms with Gasteiger partial charge in [-0.2, -0.15) is 0 Å². The molecule has 1 N–H and O–H groups in total. The van der Waals surface area contributed by atoms with Crippen molar-refractivity contribution in [2.24, 2.45) is 0 Å². The van der Waals surface area contributed by atoms with Gasteiger partial charge >= 0.3 is 5.97 Å². The van der Waals surface area contributed by atoms with Crippen LogP contribution in [0.4, 0.5) is 0 Å². The lowest BCUT2D eigenvalue weighted by Gasteiger charge is -2.32. The molecule has 1 atom stereocenters. The Morgan fingerprint density at radius 3 is 2.12 bits per heavy atom. The van der Waals surface area contributed by atoms with Crippen molar-refractivity contribution >= 4 is 11.9 Å². The molecule has 4 heteroatoms. The molecule has 0 aliphatic heterocycles. The average Bonchev–Trinajstić information content (AvgIpc) is 2.62. The maximum absolute atomic E-state index is 12.6. The molecule has 2 rings (SSSR count). The van der Waals surface area contributed by atoms with Crippen LogP contribution >= 0.6 is 0 Å². The highest BCUT2D eigenvalue weighted by Crippen LogP contribution is 2.22. The van der Waals surface area contributed by atoms with Gasteiger partial charge in [0.05, 0.1) is 7.11 Å². The smallest absolute Gasteiger partial charge is 0.331 e. The number of nitrogens with one attached hydrogen (secondary N) is 1. The summed E-state index contributed by atoms with van der Waals surface area (Å²) in [6.07, 6.45) is 1.65. The van der Waals surface area contributed by atoms with Crippen molar-refractivity contribution in [2.75, 3.05) is 7.11 Å². The molecule has 0 bridgehead atoms. The molecule has 4 nitrogen and oxygen atoms in total. The molecule has 0 saturated carbocycles. The summed E-state index contributed by atoms with van der Waals surface area (Å²) in [6.45, 7) is 1.98. The van der Waals surface area contributed by atoms with Crippen LogP contribution in [0.3, 0.4) is 0 Å². The number of rotatable bonds is 7. The lowest BCUT2D eigenvalue weighted by atomic mass is 9.86. The van der Waals surface area contributed by atoms with Crippen LogP contribution in [0.1, 0.15) is 35.7 Å². The number of hydrogen-bond acceptors (Lipinski definition) is 3. The van der Waals surface area contributed by atoms with Crippen molar-refractivity contribution in [3.05, 3.63) is 71.8 Å². The molecule has 0 saturated heterocycles. The molecular formula is C20H23NO3. The molecule has 0 fully saturated rings. The highest BCUT2D eigenvalue weighted by Gasteiger charge is 2.40. The van der Waals surface area contributed by atoms with E-state index in [1.54, 1.807) is 24.3 Å². The molecule has 1 amide bonds. The first-order valence-electron chi connectivity index (χ1n) is 8.11. The van der Waals surface area contributed by atoms with E-state index in [9.17, 15) is 9.59 Å². The van der Waals surface area contributed by atoms with E-state index in [0.29, 0.717) is 18.4 Å². The lowest BCUT2D eigenvalue weighted by molar-refractivity contribution is -0.148. The Morgan fingerprint density at radius 1 is 1.00 bits per heavy atom. The standard InChI is InChI=1S/C20H23NO3/c1-3-14-20(19(23)24-2,15-16-10-6-4-7-11-16)21-18(22)17-12-8-5-9-13-17/h4-13H,3,14-15H2,1-2H3,(H,21,22)/t20-/m0/s1. The van der Waals surface area contributed by atoms with Gasteiger partial charge in [-0.1, -0.05) is 61.9 Å². The van der Waals surface area contributed by atoms with Gasteiger partial charge in [-0.3, -0.25) is 4.79 Å². The van der Waals surface area contributed by atoms with Crippen molar-refractivity contribution in [3.63, 3.8) is 0 Å². The number of ether oxygens (including phenoxy) is 1. The van der Waals surface area contributed by atoms with Crippen molar-refractivity contribution < 1.29 is 14.3 Å². The normalized spacial score (nSPS) is 12.9. The van der Waals surface area contributed by atoms with Crippen molar-refractivity contribution in [1.29, 1.82) is 0 Å². The first-order valence-corrected chi connectivity index (χ1v) is 8.11. The molecule has 0 aliphatic carbocycles. The third-order valence-electron chi connectivity index (χ3n) is 3.99. The summed E-state index contributed by atoms with van der Waals surface area (Å²) in [5.41, 5.74) is 0.428. The Bertz CT molecular complexity index is 670. The quantitative estimate of drug-likeness (QED) is 0.794. The molecule has 0 heterocycles. The Kier molecular flexibility index (Phi) is 6.13. The van der Waals surface area contributed by atoms with E-state index in [-0.39, 0.29) is 5.91 Å². The minimum absolute atomic E-state index is 0.273. The molecule has 24 heavy (non-hydrogen) atoms. The summed E-state index contributed by atoms with van der Waals surface area (Å²) < 4.78 is 5.02. The van der Waals surface area contributed by atoms with E-state index in [1.165, 1.54) is 7.11 Å². The second-order valence-electron chi connectivity index (χ2n) is 5.81. The molecule has 0 aliphatic rings. The van der Waals surface area contributed by atoms with E-state index in [0.717, 1.165) is 12.0 Å². The largest absolute Gasteiger partial charge is 0.467 e. The minimum Gasteiger partial charge on any atom is -0.467 e. The summed E-state index contributed by atoms with van der Waals surface area (Å²) in [5, 5.41) is 2.93. The van der Waals surface area contributed by atoms with Gasteiger partial charge < -0.3 is 10.1 Å². The van der Waals surface area contributed by atoms with E-state index < -0.39 is 11.5 Å². The summed E-state index contributed by atoms with van der Waals surface area (Å²) in [4.78, 5) is 25.2. The monoisotopic (exact) mass is 325 g/mol. The number of carbonyl (C=O) groups is 2. The van der Waals surface area contributed by atoms with Gasteiger partial charge in [-0.15, -0.1) is 0 Å². The molecular weight excluding hydrogens is 302 g/mol. The second kappa shape index (κ2) is 8.29. The summed E-state index contributed by atoms with van der Waals surface area (Å²) in [5.74, 6) is -0.692. The van der Waals surface area contributed by atoms with Crippen LogP contribution in [-0.2, 0) is 16.0 Å². The zero-order valence-electron chi connectivity index (χ0n) is 14.1. The van der Waals surface area contributed by atoms with Crippen LogP contribution in [0.2, 0.25) is 0 Å². The summed E-state index contributed by atoms with van der Waals surface area (Å²) >= 11 is 0. The van der Waals surface area contributed by atoms with Crippen molar-refractivity contribution in [2.45, 2.75) is 31.7 Å². The van der Waals surface area contributed by atoms with Gasteiger partial charge in [-0.05, 0) is 24.1 Å². The maximum atomic E-state index is 12.6. The number of methoxy groups -OCH3 is 1. The number of benzene rings is 2. The van der Waals surface area contributed by atoms with Crippen LogP contribution in [0.5, 0.6) is 0 Å². The Hall–Kier alpha value is -2.62. The zero-order valence-corrected chi connectivity index (χ0v) is 14.1. The van der Waals surface area contributed by atoms with Gasteiger partial charge in [0.15, 0.2) is 0 Å². The molecule has 2 aromatic rings. The van der Waals surface area contributed by atoms with E-state index in [1.807, 2.05) is 43.3 Å². The molecule has 2 aromatic carbocycles. The number of amides is 1. The molecule has 0 aromatic heterocycles. The average molecular weight is 325 g/mol. The Balaban J connectivity index is 2.33. The minimum atomic E-state index is -1.07. The van der Waals surface area contributed by atoms with E-state index in [2.05, 4.69) is 5.32 Å². The molecule has 0 spiro atoms. The first kappa shape index (κ1) is 17.7. The van der Waals surface area contributed by atoms with Gasteiger partial charge in [0.1, 0.15) is 5.54 Å². The van der Waals surface area contributed by atoms with Crippen LogP contribution in [0, 0.1) is 0 Å². The molecule has 126 valence electrons. The third kappa shape index (κ3) is 4.22. The second-order valence-corrected chi connectivity index (χ2v) is 5.81.